The van der Waals surface area contributed by atoms with E-state index in [2.05, 4.69) is 44.9 Å². The van der Waals surface area contributed by atoms with Crippen molar-refractivity contribution in [1.29, 1.82) is 0 Å². The van der Waals surface area contributed by atoms with Gasteiger partial charge in [-0.3, -0.25) is 4.79 Å². The molecule has 4 aromatic rings. The molecule has 5 rings (SSSR count). The third kappa shape index (κ3) is 8.37. The van der Waals surface area contributed by atoms with Crippen LogP contribution in [0.5, 0.6) is 0 Å². The number of nitrogens with one attached hydrogen (secondary N) is 2. The Hall–Kier alpha value is -3.81. The monoisotopic (exact) mass is 497 g/mol. The van der Waals surface area contributed by atoms with Crippen molar-refractivity contribution in [2.45, 2.75) is 31.7 Å². The maximum Gasteiger partial charge on any atom is 0.269 e. The van der Waals surface area contributed by atoms with Crippen LogP contribution in [-0.2, 0) is 17.6 Å². The summed E-state index contributed by atoms with van der Waals surface area (Å²) >= 11 is 0. The molecule has 7 nitrogen and oxygen atoms in total. The second-order valence-corrected chi connectivity index (χ2v) is 9.01. The van der Waals surface area contributed by atoms with E-state index < -0.39 is 0 Å². The lowest BCUT2D eigenvalue weighted by atomic mass is 10.1. The highest BCUT2D eigenvalue weighted by atomic mass is 16.5. The van der Waals surface area contributed by atoms with Gasteiger partial charge in [-0.05, 0) is 55.5 Å². The van der Waals surface area contributed by atoms with Crippen LogP contribution in [0.15, 0.2) is 85.1 Å². The molecule has 0 atom stereocenters. The molecule has 2 aromatic carbocycles. The fourth-order valence-corrected chi connectivity index (χ4v) is 4.14. The molecule has 0 bridgehead atoms. The number of hydrogen-bond donors (Lipinski definition) is 3. The van der Waals surface area contributed by atoms with Crippen LogP contribution in [0.4, 0.5) is 5.82 Å². The zero-order chi connectivity index (χ0) is 25.7. The highest BCUT2D eigenvalue weighted by Gasteiger charge is 2.14. The predicted octanol–water partition coefficient (Wildman–Crippen LogP) is 4.38. The number of hydrogen-bond acceptors (Lipinski definition) is 6. The van der Waals surface area contributed by atoms with Crippen LogP contribution in [0, 0.1) is 0 Å². The van der Waals surface area contributed by atoms with E-state index in [4.69, 9.17) is 10.5 Å². The Kier molecular flexibility index (Phi) is 9.98. The largest absolute Gasteiger partial charge is 0.381 e. The van der Waals surface area contributed by atoms with Crippen LogP contribution in [0.3, 0.4) is 0 Å². The number of benzene rings is 2. The lowest BCUT2D eigenvalue weighted by Crippen LogP contribution is -2.28. The van der Waals surface area contributed by atoms with Crippen LogP contribution in [0.2, 0.25) is 0 Å². The minimum Gasteiger partial charge on any atom is -0.381 e. The SMILES string of the molecule is NCCc1ccccc1.O=C(NCCc1ccccc1)c1ccc2cnc(NC3CCOCC3)cc2n1. The molecule has 0 aliphatic carbocycles. The first-order valence-corrected chi connectivity index (χ1v) is 12.9. The van der Waals surface area contributed by atoms with Crippen LogP contribution in [0.25, 0.3) is 10.9 Å². The van der Waals surface area contributed by atoms with Gasteiger partial charge in [0.2, 0.25) is 0 Å². The Labute approximate surface area is 218 Å². The number of pyridine rings is 2. The minimum atomic E-state index is -0.159. The summed E-state index contributed by atoms with van der Waals surface area (Å²) in [6, 6.07) is 26.3. The van der Waals surface area contributed by atoms with Gasteiger partial charge in [-0.25, -0.2) is 9.97 Å². The zero-order valence-corrected chi connectivity index (χ0v) is 21.1. The standard InChI is InChI=1S/C22H24N4O2.C8H11N/c27-22(23-11-8-16-4-2-1-3-5-16)19-7-6-17-15-24-21(14-20(17)26-19)25-18-9-12-28-13-10-18;9-7-6-8-4-2-1-3-5-8/h1-7,14-15,18H,8-13H2,(H,23,27)(H,24,25);1-5H,6-7,9H2. The first kappa shape index (κ1) is 26.3. The van der Waals surface area contributed by atoms with Crippen LogP contribution >= 0.6 is 0 Å². The second kappa shape index (κ2) is 14.1. The number of nitrogens with zero attached hydrogens (tertiary/aromatic N) is 2. The van der Waals surface area contributed by atoms with Crippen LogP contribution in [-0.4, -0.2) is 48.2 Å². The fourth-order valence-electron chi connectivity index (χ4n) is 4.14. The molecule has 3 heterocycles. The Morgan fingerprint density at radius 1 is 0.919 bits per heavy atom. The molecule has 1 aliphatic rings. The van der Waals surface area contributed by atoms with Crippen molar-refractivity contribution in [2.24, 2.45) is 5.73 Å². The van der Waals surface area contributed by atoms with E-state index in [0.717, 1.165) is 62.2 Å². The van der Waals surface area contributed by atoms with Crippen molar-refractivity contribution in [3.63, 3.8) is 0 Å². The number of amides is 1. The molecule has 0 saturated carbocycles. The van der Waals surface area contributed by atoms with E-state index in [1.54, 1.807) is 12.3 Å². The average molecular weight is 498 g/mol. The summed E-state index contributed by atoms with van der Waals surface area (Å²) in [6.45, 7) is 2.87. The molecule has 0 spiro atoms. The zero-order valence-electron chi connectivity index (χ0n) is 21.1. The third-order valence-corrected chi connectivity index (χ3v) is 6.20. The Morgan fingerprint density at radius 2 is 1.59 bits per heavy atom. The number of rotatable bonds is 8. The molecule has 0 unspecified atom stereocenters. The normalized spacial score (nSPS) is 13.4. The molecule has 2 aromatic heterocycles. The summed E-state index contributed by atoms with van der Waals surface area (Å²) in [5.41, 5.74) is 9.06. The van der Waals surface area contributed by atoms with Gasteiger partial charge in [-0.1, -0.05) is 60.7 Å². The maximum atomic E-state index is 12.5. The first-order valence-electron chi connectivity index (χ1n) is 12.9. The summed E-state index contributed by atoms with van der Waals surface area (Å²) in [5.74, 6) is 0.627. The molecule has 192 valence electrons. The van der Waals surface area contributed by atoms with Gasteiger partial charge in [0.1, 0.15) is 11.5 Å². The second-order valence-electron chi connectivity index (χ2n) is 9.01. The topological polar surface area (TPSA) is 102 Å². The first-order chi connectivity index (χ1) is 18.2. The van der Waals surface area contributed by atoms with E-state index in [1.807, 2.05) is 48.5 Å². The summed E-state index contributed by atoms with van der Waals surface area (Å²) in [7, 11) is 0. The highest BCUT2D eigenvalue weighted by Crippen LogP contribution is 2.18. The molecular formula is C30H35N5O2. The average Bonchev–Trinajstić information content (AvgIpc) is 2.95. The van der Waals surface area contributed by atoms with Crippen molar-refractivity contribution >= 4 is 22.6 Å². The molecule has 37 heavy (non-hydrogen) atoms. The van der Waals surface area contributed by atoms with Crippen molar-refractivity contribution in [3.8, 4) is 0 Å². The lowest BCUT2D eigenvalue weighted by Gasteiger charge is -2.23. The van der Waals surface area contributed by atoms with Crippen molar-refractivity contribution in [3.05, 3.63) is 102 Å². The third-order valence-electron chi connectivity index (χ3n) is 6.20. The van der Waals surface area contributed by atoms with Gasteiger partial charge in [0.15, 0.2) is 0 Å². The van der Waals surface area contributed by atoms with E-state index in [9.17, 15) is 4.79 Å². The number of nitrogens with two attached hydrogens (primary N) is 1. The van der Waals surface area contributed by atoms with E-state index >= 15 is 0 Å². The lowest BCUT2D eigenvalue weighted by molar-refractivity contribution is 0.0903. The maximum absolute atomic E-state index is 12.5. The highest BCUT2D eigenvalue weighted by molar-refractivity contribution is 5.95. The summed E-state index contributed by atoms with van der Waals surface area (Å²) in [6.07, 6.45) is 5.51. The Morgan fingerprint density at radius 3 is 2.27 bits per heavy atom. The van der Waals surface area contributed by atoms with Gasteiger partial charge < -0.3 is 21.1 Å². The number of carbonyl (C=O) groups excluding carboxylic acids is 1. The van der Waals surface area contributed by atoms with Gasteiger partial charge in [0.05, 0.1) is 5.52 Å². The molecular weight excluding hydrogens is 462 g/mol. The van der Waals surface area contributed by atoms with Crippen molar-refractivity contribution in [2.75, 3.05) is 31.6 Å². The summed E-state index contributed by atoms with van der Waals surface area (Å²) < 4.78 is 5.39. The number of anilines is 1. The van der Waals surface area contributed by atoms with E-state index in [1.165, 1.54) is 11.1 Å². The number of fused-ring (bicyclic) bond motifs is 1. The van der Waals surface area contributed by atoms with E-state index in [0.29, 0.717) is 18.3 Å². The molecule has 4 N–H and O–H groups in total. The predicted molar refractivity (Wildman–Crippen MR) is 149 cm³/mol. The fraction of sp³-hybridized carbons (Fsp3) is 0.300. The molecule has 1 fully saturated rings. The molecule has 1 aliphatic heterocycles. The smallest absolute Gasteiger partial charge is 0.269 e. The van der Waals surface area contributed by atoms with Crippen LogP contribution in [0.1, 0.15) is 34.5 Å². The van der Waals surface area contributed by atoms with Crippen molar-refractivity contribution < 1.29 is 9.53 Å². The number of carbonyl (C=O) groups is 1. The van der Waals surface area contributed by atoms with Gasteiger partial charge in [0.25, 0.3) is 5.91 Å². The molecule has 7 heteroatoms. The minimum absolute atomic E-state index is 0.159. The Bertz CT molecular complexity index is 1240. The van der Waals surface area contributed by atoms with Crippen LogP contribution < -0.4 is 16.4 Å². The quantitative estimate of drug-likeness (QED) is 0.334. The number of aromatic nitrogens is 2. The van der Waals surface area contributed by atoms with Gasteiger partial charge in [-0.2, -0.15) is 0 Å². The summed E-state index contributed by atoms with van der Waals surface area (Å²) in [5, 5.41) is 7.30. The van der Waals surface area contributed by atoms with Gasteiger partial charge >= 0.3 is 0 Å². The van der Waals surface area contributed by atoms with Crippen molar-refractivity contribution in [1.82, 2.24) is 15.3 Å². The number of ether oxygens (including phenoxy) is 1. The van der Waals surface area contributed by atoms with Gasteiger partial charge in [0, 0.05) is 43.4 Å². The summed E-state index contributed by atoms with van der Waals surface area (Å²) in [4.78, 5) is 21.5. The molecule has 1 saturated heterocycles. The van der Waals surface area contributed by atoms with Gasteiger partial charge in [-0.15, -0.1) is 0 Å². The molecule has 0 radical (unpaired) electrons. The van der Waals surface area contributed by atoms with E-state index in [-0.39, 0.29) is 5.91 Å². The Balaban J connectivity index is 0.000000301. The molecule has 1 amide bonds.